The van der Waals surface area contributed by atoms with Gasteiger partial charge in [0, 0.05) is 12.6 Å². The number of carboxylic acid groups (broad SMARTS) is 1. The first kappa shape index (κ1) is 18.0. The first-order valence-corrected chi connectivity index (χ1v) is 7.46. The number of nitrogens with one attached hydrogen (secondary N) is 2. The van der Waals surface area contributed by atoms with Crippen molar-refractivity contribution in [2.45, 2.75) is 13.3 Å². The quantitative estimate of drug-likeness (QED) is 0.748. The van der Waals surface area contributed by atoms with Crippen LogP contribution in [-0.4, -0.2) is 30.0 Å². The van der Waals surface area contributed by atoms with E-state index in [1.165, 1.54) is 26.2 Å². The van der Waals surface area contributed by atoms with Gasteiger partial charge in [-0.05, 0) is 35.9 Å². The van der Waals surface area contributed by atoms with Crippen LogP contribution >= 0.6 is 0 Å². The molecular weight excluding hydrogens is 324 g/mol. The molecule has 2 aromatic rings. The molecule has 3 N–H and O–H groups in total. The zero-order valence-corrected chi connectivity index (χ0v) is 13.8. The highest BCUT2D eigenvalue weighted by Crippen LogP contribution is 2.28. The molecular formula is C18H18N2O5. The third-order valence-electron chi connectivity index (χ3n) is 3.33. The SMILES string of the molecule is COc1ccc(NC(C)=O)cc1NC(=O)Cc1cccc(C(=O)O)c1. The van der Waals surface area contributed by atoms with Gasteiger partial charge >= 0.3 is 5.97 Å². The lowest BCUT2D eigenvalue weighted by molar-refractivity contribution is -0.116. The predicted molar refractivity (Wildman–Crippen MR) is 93.0 cm³/mol. The number of methoxy groups -OCH3 is 1. The summed E-state index contributed by atoms with van der Waals surface area (Å²) in [5, 5.41) is 14.3. The maximum atomic E-state index is 12.3. The third kappa shape index (κ3) is 5.07. The second-order valence-electron chi connectivity index (χ2n) is 5.33. The number of ether oxygens (including phenoxy) is 1. The van der Waals surface area contributed by atoms with Crippen molar-refractivity contribution in [1.82, 2.24) is 0 Å². The van der Waals surface area contributed by atoms with Crippen LogP contribution in [0.1, 0.15) is 22.8 Å². The fourth-order valence-corrected chi connectivity index (χ4v) is 2.28. The molecule has 0 saturated carbocycles. The highest BCUT2D eigenvalue weighted by molar-refractivity contribution is 5.96. The van der Waals surface area contributed by atoms with Gasteiger partial charge in [0.15, 0.2) is 0 Å². The minimum absolute atomic E-state index is 0.00857. The van der Waals surface area contributed by atoms with Crippen molar-refractivity contribution >= 4 is 29.2 Å². The summed E-state index contributed by atoms with van der Waals surface area (Å²) in [6.07, 6.45) is 0.00857. The number of hydrogen-bond donors (Lipinski definition) is 3. The Morgan fingerprint density at radius 1 is 1.08 bits per heavy atom. The molecule has 0 bridgehead atoms. The molecule has 2 aromatic carbocycles. The number of aromatic carboxylic acids is 1. The molecule has 0 spiro atoms. The van der Waals surface area contributed by atoms with Gasteiger partial charge in [-0.15, -0.1) is 0 Å². The molecule has 0 aliphatic heterocycles. The molecule has 7 nitrogen and oxygen atoms in total. The van der Waals surface area contributed by atoms with Crippen LogP contribution in [0.15, 0.2) is 42.5 Å². The van der Waals surface area contributed by atoms with Gasteiger partial charge in [0.1, 0.15) is 5.75 Å². The van der Waals surface area contributed by atoms with E-state index in [9.17, 15) is 14.4 Å². The molecule has 0 radical (unpaired) electrons. The molecule has 130 valence electrons. The maximum absolute atomic E-state index is 12.3. The van der Waals surface area contributed by atoms with Crippen molar-refractivity contribution in [3.8, 4) is 5.75 Å². The third-order valence-corrected chi connectivity index (χ3v) is 3.33. The van der Waals surface area contributed by atoms with E-state index >= 15 is 0 Å². The molecule has 2 amide bonds. The summed E-state index contributed by atoms with van der Waals surface area (Å²) in [6, 6.07) is 11.1. The van der Waals surface area contributed by atoms with Crippen LogP contribution in [-0.2, 0) is 16.0 Å². The molecule has 0 fully saturated rings. The fraction of sp³-hybridized carbons (Fsp3) is 0.167. The molecule has 25 heavy (non-hydrogen) atoms. The van der Waals surface area contributed by atoms with E-state index in [0.717, 1.165) is 0 Å². The van der Waals surface area contributed by atoms with Crippen LogP contribution in [0.4, 0.5) is 11.4 Å². The summed E-state index contributed by atoms with van der Waals surface area (Å²) in [4.78, 5) is 34.4. The second-order valence-corrected chi connectivity index (χ2v) is 5.33. The maximum Gasteiger partial charge on any atom is 0.335 e. The monoisotopic (exact) mass is 342 g/mol. The highest BCUT2D eigenvalue weighted by Gasteiger charge is 2.11. The fourth-order valence-electron chi connectivity index (χ4n) is 2.28. The Labute approximate surface area is 144 Å². The van der Waals surface area contributed by atoms with E-state index in [0.29, 0.717) is 22.7 Å². The standard InChI is InChI=1S/C18H18N2O5/c1-11(21)19-14-6-7-16(25-2)15(10-14)20-17(22)9-12-4-3-5-13(8-12)18(23)24/h3-8,10H,9H2,1-2H3,(H,19,21)(H,20,22)(H,23,24). The normalized spacial score (nSPS) is 10.0. The van der Waals surface area contributed by atoms with E-state index in [-0.39, 0.29) is 23.8 Å². The summed E-state index contributed by atoms with van der Waals surface area (Å²) in [7, 11) is 1.47. The zero-order chi connectivity index (χ0) is 18.4. The lowest BCUT2D eigenvalue weighted by Crippen LogP contribution is -2.16. The molecule has 0 heterocycles. The Bertz CT molecular complexity index is 817. The van der Waals surface area contributed by atoms with Gasteiger partial charge in [-0.2, -0.15) is 0 Å². The number of rotatable bonds is 6. The Morgan fingerprint density at radius 3 is 2.48 bits per heavy atom. The molecule has 0 aliphatic carbocycles. The van der Waals surface area contributed by atoms with Crippen LogP contribution < -0.4 is 15.4 Å². The van der Waals surface area contributed by atoms with Gasteiger partial charge in [0.2, 0.25) is 11.8 Å². The van der Waals surface area contributed by atoms with Crippen LogP contribution in [0.3, 0.4) is 0 Å². The predicted octanol–water partition coefficient (Wildman–Crippen LogP) is 2.53. The average molecular weight is 342 g/mol. The molecule has 0 saturated heterocycles. The number of amides is 2. The molecule has 7 heteroatoms. The van der Waals surface area contributed by atoms with Crippen LogP contribution in [0.25, 0.3) is 0 Å². The molecule has 0 atom stereocenters. The van der Waals surface area contributed by atoms with Crippen molar-refractivity contribution < 1.29 is 24.2 Å². The summed E-state index contributed by atoms with van der Waals surface area (Å²) >= 11 is 0. The minimum Gasteiger partial charge on any atom is -0.495 e. The Balaban J connectivity index is 2.15. The molecule has 0 aromatic heterocycles. The van der Waals surface area contributed by atoms with Gasteiger partial charge in [-0.1, -0.05) is 12.1 Å². The van der Waals surface area contributed by atoms with E-state index in [1.54, 1.807) is 30.3 Å². The zero-order valence-electron chi connectivity index (χ0n) is 13.8. The van der Waals surface area contributed by atoms with Crippen molar-refractivity contribution in [2.75, 3.05) is 17.7 Å². The molecule has 0 aliphatic rings. The van der Waals surface area contributed by atoms with Crippen molar-refractivity contribution in [2.24, 2.45) is 0 Å². The second kappa shape index (κ2) is 7.96. The Morgan fingerprint density at radius 2 is 1.84 bits per heavy atom. The van der Waals surface area contributed by atoms with Crippen molar-refractivity contribution in [1.29, 1.82) is 0 Å². The number of carbonyl (C=O) groups is 3. The van der Waals surface area contributed by atoms with Crippen molar-refractivity contribution in [3.63, 3.8) is 0 Å². The van der Waals surface area contributed by atoms with Gasteiger partial charge < -0.3 is 20.5 Å². The number of carbonyl (C=O) groups excluding carboxylic acids is 2. The van der Waals surface area contributed by atoms with Gasteiger partial charge in [0.25, 0.3) is 0 Å². The smallest absolute Gasteiger partial charge is 0.335 e. The summed E-state index contributed by atoms with van der Waals surface area (Å²) in [5.41, 5.74) is 1.63. The Kier molecular flexibility index (Phi) is 5.73. The minimum atomic E-state index is -1.05. The largest absolute Gasteiger partial charge is 0.495 e. The summed E-state index contributed by atoms with van der Waals surface area (Å²) in [5.74, 6) is -1.16. The number of hydrogen-bond acceptors (Lipinski definition) is 4. The van der Waals surface area contributed by atoms with E-state index < -0.39 is 5.97 Å². The van der Waals surface area contributed by atoms with Crippen LogP contribution in [0.5, 0.6) is 5.75 Å². The van der Waals surface area contributed by atoms with Crippen LogP contribution in [0, 0.1) is 0 Å². The summed E-state index contributed by atoms with van der Waals surface area (Å²) < 4.78 is 5.20. The van der Waals surface area contributed by atoms with Gasteiger partial charge in [-0.3, -0.25) is 9.59 Å². The number of carboxylic acids is 1. The van der Waals surface area contributed by atoms with E-state index in [2.05, 4.69) is 10.6 Å². The highest BCUT2D eigenvalue weighted by atomic mass is 16.5. The van der Waals surface area contributed by atoms with E-state index in [4.69, 9.17) is 9.84 Å². The summed E-state index contributed by atoms with van der Waals surface area (Å²) in [6.45, 7) is 1.39. The van der Waals surface area contributed by atoms with E-state index in [1.807, 2.05) is 0 Å². The first-order chi connectivity index (χ1) is 11.9. The number of anilines is 2. The lowest BCUT2D eigenvalue weighted by Gasteiger charge is -2.12. The first-order valence-electron chi connectivity index (χ1n) is 7.46. The Hall–Kier alpha value is -3.35. The molecule has 2 rings (SSSR count). The molecule has 0 unspecified atom stereocenters. The lowest BCUT2D eigenvalue weighted by atomic mass is 10.1. The van der Waals surface area contributed by atoms with Gasteiger partial charge in [0.05, 0.1) is 24.8 Å². The van der Waals surface area contributed by atoms with Crippen LogP contribution in [0.2, 0.25) is 0 Å². The average Bonchev–Trinajstić information content (AvgIpc) is 2.54. The number of benzene rings is 2. The van der Waals surface area contributed by atoms with Crippen molar-refractivity contribution in [3.05, 3.63) is 53.6 Å². The van der Waals surface area contributed by atoms with Gasteiger partial charge in [-0.25, -0.2) is 4.79 Å². The topological polar surface area (TPSA) is 105 Å².